The number of hydrogen-bond acceptors (Lipinski definition) is 3. The minimum Gasteiger partial charge on any atom is -0.299 e. The average molecular weight is 296 g/mol. The number of aromatic nitrogens is 2. The van der Waals surface area contributed by atoms with E-state index < -0.39 is 0 Å². The summed E-state index contributed by atoms with van der Waals surface area (Å²) in [7, 11) is 0. The second-order valence-electron chi connectivity index (χ2n) is 5.92. The molecule has 0 spiro atoms. The van der Waals surface area contributed by atoms with Gasteiger partial charge < -0.3 is 0 Å². The zero-order valence-electron chi connectivity index (χ0n) is 13.4. The van der Waals surface area contributed by atoms with Crippen molar-refractivity contribution in [2.24, 2.45) is 11.8 Å². The predicted molar refractivity (Wildman–Crippen MR) is 88.5 cm³/mol. The van der Waals surface area contributed by atoms with Crippen LogP contribution in [0.15, 0.2) is 48.8 Å². The molecule has 2 rings (SSSR count). The number of nitrogens with zero attached hydrogens (tertiary/aromatic N) is 2. The molecule has 116 valence electrons. The first kappa shape index (κ1) is 16.3. The van der Waals surface area contributed by atoms with Gasteiger partial charge in [0.05, 0.1) is 0 Å². The van der Waals surface area contributed by atoms with E-state index in [4.69, 9.17) is 0 Å². The summed E-state index contributed by atoms with van der Waals surface area (Å²) in [5.41, 5.74) is 2.12. The van der Waals surface area contributed by atoms with Crippen molar-refractivity contribution in [3.63, 3.8) is 0 Å². The van der Waals surface area contributed by atoms with E-state index in [0.29, 0.717) is 5.78 Å². The van der Waals surface area contributed by atoms with Crippen molar-refractivity contribution < 1.29 is 4.79 Å². The van der Waals surface area contributed by atoms with Crippen molar-refractivity contribution in [3.8, 4) is 0 Å². The fraction of sp³-hybridized carbons (Fsp3) is 0.421. The minimum atomic E-state index is 0.0840. The van der Waals surface area contributed by atoms with Gasteiger partial charge in [-0.15, -0.1) is 0 Å². The van der Waals surface area contributed by atoms with Crippen LogP contribution in [0.25, 0.3) is 0 Å². The largest absolute Gasteiger partial charge is 0.299 e. The van der Waals surface area contributed by atoms with Gasteiger partial charge in [-0.2, -0.15) is 0 Å². The van der Waals surface area contributed by atoms with Crippen LogP contribution < -0.4 is 0 Å². The van der Waals surface area contributed by atoms with Crippen molar-refractivity contribution in [2.45, 2.75) is 39.5 Å². The Morgan fingerprint density at radius 1 is 0.864 bits per heavy atom. The van der Waals surface area contributed by atoms with Crippen LogP contribution in [-0.4, -0.2) is 15.8 Å². The van der Waals surface area contributed by atoms with Gasteiger partial charge in [-0.25, -0.2) is 0 Å². The summed E-state index contributed by atoms with van der Waals surface area (Å²) < 4.78 is 0. The van der Waals surface area contributed by atoms with E-state index >= 15 is 0 Å². The molecule has 3 nitrogen and oxygen atoms in total. The van der Waals surface area contributed by atoms with Gasteiger partial charge in [0.2, 0.25) is 0 Å². The third-order valence-corrected chi connectivity index (χ3v) is 4.09. The molecule has 0 unspecified atom stereocenters. The molecule has 0 N–H and O–H groups in total. The molecule has 2 aromatic heterocycles. The highest BCUT2D eigenvalue weighted by molar-refractivity contribution is 5.82. The molecule has 0 radical (unpaired) electrons. The van der Waals surface area contributed by atoms with Crippen LogP contribution in [-0.2, 0) is 17.6 Å². The van der Waals surface area contributed by atoms with Crippen molar-refractivity contribution >= 4 is 5.78 Å². The summed E-state index contributed by atoms with van der Waals surface area (Å²) in [5, 5.41) is 0. The Morgan fingerprint density at radius 2 is 1.32 bits per heavy atom. The maximum absolute atomic E-state index is 12.4. The number of carbonyl (C=O) groups is 1. The van der Waals surface area contributed by atoms with Crippen molar-refractivity contribution in [1.29, 1.82) is 0 Å². The van der Waals surface area contributed by atoms with Crippen LogP contribution in [0, 0.1) is 11.8 Å². The molecule has 0 aromatic carbocycles. The first-order valence-electron chi connectivity index (χ1n) is 8.00. The van der Waals surface area contributed by atoms with Gasteiger partial charge in [0.25, 0.3) is 0 Å². The summed E-state index contributed by atoms with van der Waals surface area (Å²) in [4.78, 5) is 21.1. The maximum Gasteiger partial charge on any atom is 0.138 e. The van der Waals surface area contributed by atoms with Crippen molar-refractivity contribution in [3.05, 3.63) is 60.2 Å². The molecular formula is C19H24N2O. The van der Waals surface area contributed by atoms with Crippen molar-refractivity contribution in [2.75, 3.05) is 0 Å². The normalized spacial score (nSPS) is 13.5. The molecule has 0 aliphatic carbocycles. The summed E-state index contributed by atoms with van der Waals surface area (Å²) in [6.07, 6.45) is 7.06. The fourth-order valence-electron chi connectivity index (χ4n) is 2.59. The molecular weight excluding hydrogens is 272 g/mol. The van der Waals surface area contributed by atoms with E-state index in [1.807, 2.05) is 50.2 Å². The predicted octanol–water partition coefficient (Wildman–Crippen LogP) is 3.88. The minimum absolute atomic E-state index is 0.0840. The number of Topliss-reactive ketones (excluding diaryl/α,β-unsaturated/α-hetero) is 1. The van der Waals surface area contributed by atoms with Gasteiger partial charge in [-0.3, -0.25) is 14.8 Å². The fourth-order valence-corrected chi connectivity index (χ4v) is 2.59. The van der Waals surface area contributed by atoms with Gasteiger partial charge in [0.1, 0.15) is 5.78 Å². The summed E-state index contributed by atoms with van der Waals surface area (Å²) >= 11 is 0. The Kier molecular flexibility index (Phi) is 6.26. The Labute approximate surface area is 132 Å². The molecule has 2 heterocycles. The maximum atomic E-state index is 12.4. The van der Waals surface area contributed by atoms with Gasteiger partial charge in [0.15, 0.2) is 0 Å². The first-order chi connectivity index (χ1) is 10.7. The van der Waals surface area contributed by atoms with Gasteiger partial charge in [0, 0.05) is 35.6 Å². The molecule has 2 aromatic rings. The van der Waals surface area contributed by atoms with E-state index in [2.05, 4.69) is 9.97 Å². The quantitative estimate of drug-likeness (QED) is 0.742. The second kappa shape index (κ2) is 8.42. The Morgan fingerprint density at radius 3 is 1.68 bits per heavy atom. The van der Waals surface area contributed by atoms with Gasteiger partial charge in [-0.1, -0.05) is 26.0 Å². The smallest absolute Gasteiger partial charge is 0.138 e. The van der Waals surface area contributed by atoms with Crippen LogP contribution in [0.4, 0.5) is 0 Å². The van der Waals surface area contributed by atoms with Crippen LogP contribution >= 0.6 is 0 Å². The standard InChI is InChI=1S/C19H24N2O/c1-15(9-11-17-7-3-5-13-20-17)19(22)16(2)10-12-18-8-4-6-14-21-18/h3-8,13-16H,9-12H2,1-2H3/t15-,16-/m0/s1. The molecule has 3 heteroatoms. The second-order valence-corrected chi connectivity index (χ2v) is 5.92. The lowest BCUT2D eigenvalue weighted by Gasteiger charge is -2.16. The monoisotopic (exact) mass is 296 g/mol. The lowest BCUT2D eigenvalue weighted by atomic mass is 9.88. The van der Waals surface area contributed by atoms with E-state index in [9.17, 15) is 4.79 Å². The molecule has 22 heavy (non-hydrogen) atoms. The summed E-state index contributed by atoms with van der Waals surface area (Å²) in [6, 6.07) is 11.8. The highest BCUT2D eigenvalue weighted by atomic mass is 16.1. The highest BCUT2D eigenvalue weighted by Gasteiger charge is 2.19. The zero-order chi connectivity index (χ0) is 15.8. The Bertz CT molecular complexity index is 517. The van der Waals surface area contributed by atoms with E-state index in [-0.39, 0.29) is 11.8 Å². The van der Waals surface area contributed by atoms with E-state index in [0.717, 1.165) is 37.1 Å². The number of rotatable bonds is 8. The number of hydrogen-bond donors (Lipinski definition) is 0. The number of pyridine rings is 2. The molecule has 2 atom stereocenters. The lowest BCUT2D eigenvalue weighted by Crippen LogP contribution is -2.20. The van der Waals surface area contributed by atoms with E-state index in [1.165, 1.54) is 0 Å². The summed E-state index contributed by atoms with van der Waals surface area (Å²) in [6.45, 7) is 4.06. The topological polar surface area (TPSA) is 42.9 Å². The third kappa shape index (κ3) is 5.06. The Balaban J connectivity index is 1.77. The lowest BCUT2D eigenvalue weighted by molar-refractivity contribution is -0.126. The third-order valence-electron chi connectivity index (χ3n) is 4.09. The Hall–Kier alpha value is -2.03. The van der Waals surface area contributed by atoms with Crippen LogP contribution in [0.5, 0.6) is 0 Å². The molecule has 0 amide bonds. The zero-order valence-corrected chi connectivity index (χ0v) is 13.4. The van der Waals surface area contributed by atoms with Gasteiger partial charge >= 0.3 is 0 Å². The molecule has 0 saturated heterocycles. The number of carbonyl (C=O) groups excluding carboxylic acids is 1. The molecule has 0 aliphatic heterocycles. The van der Waals surface area contributed by atoms with Gasteiger partial charge in [-0.05, 0) is 49.9 Å². The molecule has 0 bridgehead atoms. The average Bonchev–Trinajstić information content (AvgIpc) is 2.58. The van der Waals surface area contributed by atoms with Crippen molar-refractivity contribution in [1.82, 2.24) is 9.97 Å². The molecule has 0 fully saturated rings. The molecule has 0 saturated carbocycles. The number of ketones is 1. The van der Waals surface area contributed by atoms with E-state index in [1.54, 1.807) is 12.4 Å². The first-order valence-corrected chi connectivity index (χ1v) is 8.00. The molecule has 0 aliphatic rings. The van der Waals surface area contributed by atoms with Crippen LogP contribution in [0.2, 0.25) is 0 Å². The summed E-state index contributed by atoms with van der Waals surface area (Å²) in [5.74, 6) is 0.522. The van der Waals surface area contributed by atoms with Crippen LogP contribution in [0.1, 0.15) is 38.1 Å². The highest BCUT2D eigenvalue weighted by Crippen LogP contribution is 2.17. The number of aryl methyl sites for hydroxylation is 2. The van der Waals surface area contributed by atoms with Crippen LogP contribution in [0.3, 0.4) is 0 Å². The SMILES string of the molecule is C[C@@H](CCc1ccccn1)C(=O)[C@@H](C)CCc1ccccn1.